The Bertz CT molecular complexity index is 1260. The Balaban J connectivity index is 1.13. The predicted octanol–water partition coefficient (Wildman–Crippen LogP) is 2.21. The molecular weight excluding hydrogens is 516 g/mol. The molecule has 9 nitrogen and oxygen atoms in total. The number of nitrogens with one attached hydrogen (secondary N) is 1. The van der Waals surface area contributed by atoms with E-state index in [4.69, 9.17) is 4.74 Å². The Morgan fingerprint density at radius 3 is 2.56 bits per heavy atom. The van der Waals surface area contributed by atoms with Gasteiger partial charge in [0.05, 0.1) is 6.04 Å². The number of anilines is 1. The van der Waals surface area contributed by atoms with E-state index < -0.39 is 10.8 Å². The number of nitrogens with zero attached hydrogens (tertiary/aromatic N) is 3. The lowest BCUT2D eigenvalue weighted by Gasteiger charge is -2.47. The monoisotopic (exact) mass is 552 g/mol. The number of benzene rings is 2. The summed E-state index contributed by atoms with van der Waals surface area (Å²) in [6.07, 6.45) is 5.62. The SMILES string of the molecule is CN(Cc1cc(N2CCC(N3CC(Oc4cccc(S(C)=O)c4)C3)CC2)ccc1C=O)C1CCC(=O)NC1=O. The number of imide groups is 1. The van der Waals surface area contributed by atoms with Crippen molar-refractivity contribution in [2.24, 2.45) is 0 Å². The Kier molecular flexibility index (Phi) is 8.44. The van der Waals surface area contributed by atoms with Gasteiger partial charge in [-0.2, -0.15) is 0 Å². The zero-order valence-electron chi connectivity index (χ0n) is 22.5. The first-order valence-electron chi connectivity index (χ1n) is 13.5. The minimum atomic E-state index is -1.02. The summed E-state index contributed by atoms with van der Waals surface area (Å²) in [5.74, 6) is 0.273. The number of amides is 2. The van der Waals surface area contributed by atoms with Crippen molar-refractivity contribution in [1.82, 2.24) is 15.1 Å². The Morgan fingerprint density at radius 2 is 1.87 bits per heavy atom. The average Bonchev–Trinajstić information content (AvgIpc) is 2.90. The van der Waals surface area contributed by atoms with Crippen molar-refractivity contribution in [2.45, 2.75) is 55.3 Å². The Morgan fingerprint density at radius 1 is 1.10 bits per heavy atom. The predicted molar refractivity (Wildman–Crippen MR) is 149 cm³/mol. The van der Waals surface area contributed by atoms with Gasteiger partial charge in [0.15, 0.2) is 0 Å². The maximum atomic E-state index is 12.3. The van der Waals surface area contributed by atoms with Crippen LogP contribution >= 0.6 is 0 Å². The van der Waals surface area contributed by atoms with Crippen molar-refractivity contribution in [3.63, 3.8) is 0 Å². The molecule has 0 bridgehead atoms. The van der Waals surface area contributed by atoms with Gasteiger partial charge in [-0.1, -0.05) is 6.07 Å². The summed E-state index contributed by atoms with van der Waals surface area (Å²) in [6, 6.07) is 13.6. The molecule has 2 unspecified atom stereocenters. The summed E-state index contributed by atoms with van der Waals surface area (Å²) < 4.78 is 17.9. The highest BCUT2D eigenvalue weighted by Crippen LogP contribution is 2.29. The number of likely N-dealkylation sites (N-methyl/N-ethyl adjacent to an activating group) is 1. The summed E-state index contributed by atoms with van der Waals surface area (Å²) in [5, 5.41) is 2.41. The molecule has 10 heteroatoms. The molecule has 1 N–H and O–H groups in total. The van der Waals surface area contributed by atoms with Gasteiger partial charge in [-0.3, -0.25) is 33.7 Å². The van der Waals surface area contributed by atoms with Crippen LogP contribution in [0.4, 0.5) is 5.69 Å². The minimum Gasteiger partial charge on any atom is -0.488 e. The lowest BCUT2D eigenvalue weighted by Crippen LogP contribution is -2.59. The van der Waals surface area contributed by atoms with Gasteiger partial charge in [0.25, 0.3) is 0 Å². The van der Waals surface area contributed by atoms with Crippen molar-refractivity contribution in [3.8, 4) is 5.75 Å². The molecule has 0 spiro atoms. The zero-order chi connectivity index (χ0) is 27.5. The standard InChI is InChI=1S/C29H36N4O5S/c1-31(27-8-9-28(35)30-29(27)36)16-21-14-23(7-6-20(21)19-34)32-12-10-22(11-13-32)33-17-25(18-33)38-24-4-3-5-26(15-24)39(2)37/h3-7,14-15,19,22,25,27H,8-13,16-18H2,1-2H3,(H,30,35,36). The van der Waals surface area contributed by atoms with Crippen LogP contribution in [0.25, 0.3) is 0 Å². The van der Waals surface area contributed by atoms with E-state index in [2.05, 4.69) is 21.2 Å². The lowest BCUT2D eigenvalue weighted by molar-refractivity contribution is -0.137. The third-order valence-electron chi connectivity index (χ3n) is 8.08. The maximum absolute atomic E-state index is 12.3. The van der Waals surface area contributed by atoms with Crippen LogP contribution in [0.3, 0.4) is 0 Å². The van der Waals surface area contributed by atoms with Gasteiger partial charge in [-0.05, 0) is 68.3 Å². The van der Waals surface area contributed by atoms with E-state index in [1.54, 1.807) is 6.26 Å². The van der Waals surface area contributed by atoms with Crippen LogP contribution in [0.15, 0.2) is 47.4 Å². The molecule has 39 heavy (non-hydrogen) atoms. The number of piperidine rings is 2. The Labute approximate surface area is 231 Å². The summed E-state index contributed by atoms with van der Waals surface area (Å²) >= 11 is 0. The van der Waals surface area contributed by atoms with Crippen LogP contribution in [0, 0.1) is 0 Å². The number of ether oxygens (including phenoxy) is 1. The van der Waals surface area contributed by atoms with E-state index in [0.717, 1.165) is 67.2 Å². The van der Waals surface area contributed by atoms with Crippen molar-refractivity contribution in [1.29, 1.82) is 0 Å². The second-order valence-corrected chi connectivity index (χ2v) is 12.1. The lowest BCUT2D eigenvalue weighted by atomic mass is 9.97. The van der Waals surface area contributed by atoms with Gasteiger partial charge >= 0.3 is 0 Å². The summed E-state index contributed by atoms with van der Waals surface area (Å²) in [7, 11) is 0.839. The van der Waals surface area contributed by atoms with Crippen molar-refractivity contribution in [2.75, 3.05) is 44.4 Å². The topological polar surface area (TPSA) is 99.3 Å². The second-order valence-electron chi connectivity index (χ2n) is 10.7. The number of rotatable bonds is 9. The molecule has 0 aromatic heterocycles. The molecule has 2 aromatic rings. The molecule has 208 valence electrons. The molecule has 5 rings (SSSR count). The van der Waals surface area contributed by atoms with Crippen molar-refractivity contribution >= 4 is 34.6 Å². The third-order valence-corrected chi connectivity index (χ3v) is 9.00. The number of hydrogen-bond acceptors (Lipinski definition) is 8. The fourth-order valence-corrected chi connectivity index (χ4v) is 6.32. The summed E-state index contributed by atoms with van der Waals surface area (Å²) in [4.78, 5) is 43.1. The zero-order valence-corrected chi connectivity index (χ0v) is 23.3. The van der Waals surface area contributed by atoms with Gasteiger partial charge in [-0.25, -0.2) is 0 Å². The minimum absolute atomic E-state index is 0.156. The van der Waals surface area contributed by atoms with Gasteiger partial charge in [0, 0.05) is 78.4 Å². The van der Waals surface area contributed by atoms with E-state index in [9.17, 15) is 18.6 Å². The molecule has 0 saturated carbocycles. The van der Waals surface area contributed by atoms with Gasteiger partial charge in [0.2, 0.25) is 11.8 Å². The average molecular weight is 553 g/mol. The normalized spacial score (nSPS) is 21.9. The van der Waals surface area contributed by atoms with Crippen LogP contribution in [-0.2, 0) is 26.9 Å². The van der Waals surface area contributed by atoms with Crippen LogP contribution in [0.1, 0.15) is 41.6 Å². The van der Waals surface area contributed by atoms with Gasteiger partial charge in [0.1, 0.15) is 18.1 Å². The summed E-state index contributed by atoms with van der Waals surface area (Å²) in [6.45, 7) is 4.11. The first-order chi connectivity index (χ1) is 18.8. The fourth-order valence-electron chi connectivity index (χ4n) is 5.77. The van der Waals surface area contributed by atoms with Crippen LogP contribution < -0.4 is 15.0 Å². The number of carbonyl (C=O) groups is 3. The quantitative estimate of drug-likeness (QED) is 0.374. The molecular formula is C29H36N4O5S. The molecule has 2 atom stereocenters. The number of likely N-dealkylation sites (tertiary alicyclic amines) is 1. The van der Waals surface area contributed by atoms with Gasteiger partial charge in [-0.15, -0.1) is 0 Å². The first kappa shape index (κ1) is 27.5. The van der Waals surface area contributed by atoms with Crippen LogP contribution in [0.2, 0.25) is 0 Å². The molecule has 3 aliphatic rings. The number of hydrogen-bond donors (Lipinski definition) is 1. The second kappa shape index (κ2) is 12.0. The van der Waals surface area contributed by atoms with Crippen LogP contribution in [-0.4, -0.2) is 89.8 Å². The highest BCUT2D eigenvalue weighted by atomic mass is 32.2. The molecule has 2 amide bonds. The fraction of sp³-hybridized carbons (Fsp3) is 0.483. The third kappa shape index (κ3) is 6.40. The number of aldehydes is 1. The first-order valence-corrected chi connectivity index (χ1v) is 15.1. The molecule has 2 aromatic carbocycles. The Hall–Kier alpha value is -3.08. The van der Waals surface area contributed by atoms with E-state index in [1.807, 2.05) is 48.3 Å². The van der Waals surface area contributed by atoms with E-state index >= 15 is 0 Å². The molecule has 0 aliphatic carbocycles. The molecule has 0 radical (unpaired) electrons. The highest BCUT2D eigenvalue weighted by Gasteiger charge is 2.36. The molecule has 3 aliphatic heterocycles. The highest BCUT2D eigenvalue weighted by molar-refractivity contribution is 7.84. The summed E-state index contributed by atoms with van der Waals surface area (Å²) in [5.41, 5.74) is 2.59. The van der Waals surface area contributed by atoms with E-state index in [-0.39, 0.29) is 24.0 Å². The largest absolute Gasteiger partial charge is 0.488 e. The van der Waals surface area contributed by atoms with E-state index in [1.165, 1.54) is 0 Å². The van der Waals surface area contributed by atoms with Gasteiger partial charge < -0.3 is 9.64 Å². The molecule has 3 fully saturated rings. The maximum Gasteiger partial charge on any atom is 0.243 e. The van der Waals surface area contributed by atoms with Crippen molar-refractivity contribution in [3.05, 3.63) is 53.6 Å². The molecule has 3 heterocycles. The smallest absolute Gasteiger partial charge is 0.243 e. The van der Waals surface area contributed by atoms with Crippen LogP contribution in [0.5, 0.6) is 5.75 Å². The van der Waals surface area contributed by atoms with Crippen molar-refractivity contribution < 1.29 is 23.3 Å². The number of carbonyl (C=O) groups excluding carboxylic acids is 3. The van der Waals surface area contributed by atoms with E-state index in [0.29, 0.717) is 31.0 Å². The molecule has 3 saturated heterocycles.